The van der Waals surface area contributed by atoms with Crippen LogP contribution in [0.5, 0.6) is 0 Å². The Bertz CT molecular complexity index is 1200. The van der Waals surface area contributed by atoms with Crippen molar-refractivity contribution >= 4 is 34.4 Å². The Balaban J connectivity index is 1.94. The first-order chi connectivity index (χ1) is 12.3. The van der Waals surface area contributed by atoms with Gasteiger partial charge in [0.1, 0.15) is 12.6 Å². The molecular formula is C16H13ClN6O3. The van der Waals surface area contributed by atoms with Gasteiger partial charge in [0.05, 0.1) is 16.9 Å². The van der Waals surface area contributed by atoms with Gasteiger partial charge in [-0.15, -0.1) is 0 Å². The van der Waals surface area contributed by atoms with Crippen LogP contribution < -0.4 is 16.6 Å². The molecule has 0 radical (unpaired) electrons. The van der Waals surface area contributed by atoms with Gasteiger partial charge in [-0.3, -0.25) is 14.2 Å². The van der Waals surface area contributed by atoms with E-state index in [1.807, 2.05) is 6.07 Å². The molecule has 3 rings (SSSR count). The van der Waals surface area contributed by atoms with Gasteiger partial charge < -0.3 is 9.88 Å². The van der Waals surface area contributed by atoms with E-state index in [0.29, 0.717) is 5.69 Å². The Labute approximate surface area is 151 Å². The molecule has 0 fully saturated rings. The third-order valence-electron chi connectivity index (χ3n) is 3.88. The number of rotatable bonds is 3. The third-order valence-corrected chi connectivity index (χ3v) is 4.19. The van der Waals surface area contributed by atoms with Crippen LogP contribution in [-0.2, 0) is 25.4 Å². The van der Waals surface area contributed by atoms with E-state index in [9.17, 15) is 14.4 Å². The van der Waals surface area contributed by atoms with Crippen molar-refractivity contribution in [1.82, 2.24) is 18.7 Å². The second kappa shape index (κ2) is 6.50. The van der Waals surface area contributed by atoms with Crippen molar-refractivity contribution in [1.29, 1.82) is 5.26 Å². The van der Waals surface area contributed by atoms with Gasteiger partial charge in [-0.25, -0.2) is 14.3 Å². The number of amides is 1. The zero-order chi connectivity index (χ0) is 19.0. The topological polar surface area (TPSA) is 115 Å². The molecule has 132 valence electrons. The number of nitrogens with one attached hydrogen (secondary N) is 1. The molecule has 0 aliphatic carbocycles. The van der Waals surface area contributed by atoms with Gasteiger partial charge in [0.2, 0.25) is 5.91 Å². The normalized spacial score (nSPS) is 10.7. The largest absolute Gasteiger partial charge is 0.332 e. The van der Waals surface area contributed by atoms with E-state index < -0.39 is 23.7 Å². The minimum atomic E-state index is -0.644. The summed E-state index contributed by atoms with van der Waals surface area (Å²) in [5.41, 5.74) is -0.147. The quantitative estimate of drug-likeness (QED) is 0.722. The zero-order valence-electron chi connectivity index (χ0n) is 13.9. The lowest BCUT2D eigenvalue weighted by molar-refractivity contribution is -0.116. The van der Waals surface area contributed by atoms with Gasteiger partial charge in [0, 0.05) is 19.8 Å². The Kier molecular flexibility index (Phi) is 4.36. The molecule has 1 aromatic carbocycles. The maximum Gasteiger partial charge on any atom is 0.332 e. The summed E-state index contributed by atoms with van der Waals surface area (Å²) >= 11 is 5.92. The second-order valence-electron chi connectivity index (χ2n) is 5.62. The molecule has 0 unspecified atom stereocenters. The van der Waals surface area contributed by atoms with Gasteiger partial charge in [-0.2, -0.15) is 5.26 Å². The maximum atomic E-state index is 12.6. The van der Waals surface area contributed by atoms with Crippen molar-refractivity contribution in [2.24, 2.45) is 14.1 Å². The van der Waals surface area contributed by atoms with Crippen LogP contribution in [0.25, 0.3) is 11.2 Å². The lowest BCUT2D eigenvalue weighted by Crippen LogP contribution is -2.42. The van der Waals surface area contributed by atoms with Crippen LogP contribution in [0.2, 0.25) is 5.02 Å². The molecule has 2 heterocycles. The number of nitrogens with zero attached hydrogens (tertiary/aromatic N) is 5. The number of anilines is 1. The minimum Gasteiger partial charge on any atom is -0.328 e. The average Bonchev–Trinajstić information content (AvgIpc) is 2.99. The molecule has 2 aromatic heterocycles. The first-order valence-electron chi connectivity index (χ1n) is 7.44. The first-order valence-corrected chi connectivity index (χ1v) is 7.81. The number of halogens is 1. The molecule has 9 nitrogen and oxygen atoms in total. The fourth-order valence-corrected chi connectivity index (χ4v) is 2.79. The highest BCUT2D eigenvalue weighted by Gasteiger charge is 2.17. The highest BCUT2D eigenvalue weighted by molar-refractivity contribution is 6.32. The van der Waals surface area contributed by atoms with E-state index in [2.05, 4.69) is 10.3 Å². The lowest BCUT2D eigenvalue weighted by atomic mass is 10.2. The highest BCUT2D eigenvalue weighted by Crippen LogP contribution is 2.20. The Morgan fingerprint density at radius 3 is 2.73 bits per heavy atom. The van der Waals surface area contributed by atoms with Crippen molar-refractivity contribution in [2.75, 3.05) is 5.32 Å². The summed E-state index contributed by atoms with van der Waals surface area (Å²) in [6.45, 7) is -0.468. The van der Waals surface area contributed by atoms with Crippen LogP contribution in [0.15, 0.2) is 34.1 Å². The van der Waals surface area contributed by atoms with Crippen molar-refractivity contribution in [3.63, 3.8) is 0 Å². The summed E-state index contributed by atoms with van der Waals surface area (Å²) in [6.07, 6.45) is 1.43. The third kappa shape index (κ3) is 2.87. The fourth-order valence-electron chi connectivity index (χ4n) is 2.56. The molecular weight excluding hydrogens is 360 g/mol. The van der Waals surface area contributed by atoms with E-state index in [1.54, 1.807) is 7.05 Å². The van der Waals surface area contributed by atoms with Gasteiger partial charge in [0.15, 0.2) is 11.2 Å². The number of carbonyl (C=O) groups is 1. The Morgan fingerprint density at radius 1 is 1.35 bits per heavy atom. The predicted molar refractivity (Wildman–Crippen MR) is 95.0 cm³/mol. The average molecular weight is 373 g/mol. The van der Waals surface area contributed by atoms with E-state index in [0.717, 1.165) is 4.57 Å². The lowest BCUT2D eigenvalue weighted by Gasteiger charge is -2.10. The van der Waals surface area contributed by atoms with Crippen molar-refractivity contribution in [3.05, 3.63) is 56.0 Å². The van der Waals surface area contributed by atoms with Gasteiger partial charge >= 0.3 is 5.69 Å². The highest BCUT2D eigenvalue weighted by atomic mass is 35.5. The summed E-state index contributed by atoms with van der Waals surface area (Å²) in [5, 5.41) is 11.6. The molecule has 0 aliphatic rings. The first kappa shape index (κ1) is 17.4. The molecule has 26 heavy (non-hydrogen) atoms. The number of hydrogen-bond donors (Lipinski definition) is 1. The van der Waals surface area contributed by atoms with Gasteiger partial charge in [0.25, 0.3) is 5.56 Å². The Hall–Kier alpha value is -3.38. The minimum absolute atomic E-state index is 0.190. The van der Waals surface area contributed by atoms with Crippen LogP contribution >= 0.6 is 11.6 Å². The van der Waals surface area contributed by atoms with E-state index in [4.69, 9.17) is 16.9 Å². The molecule has 0 bridgehead atoms. The Morgan fingerprint density at radius 2 is 2.08 bits per heavy atom. The number of aromatic nitrogens is 4. The molecule has 1 N–H and O–H groups in total. The monoisotopic (exact) mass is 372 g/mol. The molecule has 1 amide bonds. The number of imidazole rings is 1. The van der Waals surface area contributed by atoms with Crippen LogP contribution in [-0.4, -0.2) is 24.6 Å². The summed E-state index contributed by atoms with van der Waals surface area (Å²) < 4.78 is 3.54. The summed E-state index contributed by atoms with van der Waals surface area (Å²) in [7, 11) is 3.11. The SMILES string of the molecule is Cn1cnc2c1c(=O)n(CC(=O)Nc1ccc(C#N)c(Cl)c1)c(=O)n2C. The summed E-state index contributed by atoms with van der Waals surface area (Å²) in [4.78, 5) is 41.2. The molecule has 10 heteroatoms. The van der Waals surface area contributed by atoms with E-state index in [-0.39, 0.29) is 21.7 Å². The molecule has 3 aromatic rings. The van der Waals surface area contributed by atoms with Crippen molar-refractivity contribution < 1.29 is 4.79 Å². The van der Waals surface area contributed by atoms with Gasteiger partial charge in [-0.05, 0) is 18.2 Å². The number of aryl methyl sites for hydroxylation is 2. The van der Waals surface area contributed by atoms with Gasteiger partial charge in [-0.1, -0.05) is 11.6 Å². The standard InChI is InChI=1S/C16H13ClN6O3/c1-21-8-19-14-13(21)15(25)23(16(26)22(14)2)7-12(24)20-10-4-3-9(6-18)11(17)5-10/h3-5,8H,7H2,1-2H3,(H,20,24). The number of nitriles is 1. The maximum absolute atomic E-state index is 12.6. The predicted octanol–water partition coefficient (Wildman–Crippen LogP) is 0.597. The van der Waals surface area contributed by atoms with Crippen molar-refractivity contribution in [2.45, 2.75) is 6.54 Å². The molecule has 0 atom stereocenters. The van der Waals surface area contributed by atoms with Crippen LogP contribution in [0.3, 0.4) is 0 Å². The van der Waals surface area contributed by atoms with Crippen LogP contribution in [0, 0.1) is 11.3 Å². The number of fused-ring (bicyclic) bond motifs is 1. The molecule has 0 saturated heterocycles. The summed E-state index contributed by atoms with van der Waals surface area (Å²) in [6, 6.07) is 6.30. The summed E-state index contributed by atoms with van der Waals surface area (Å²) in [5.74, 6) is -0.577. The number of carbonyl (C=O) groups excluding carboxylic acids is 1. The molecule has 0 aliphatic heterocycles. The van der Waals surface area contributed by atoms with E-state index in [1.165, 1.54) is 40.7 Å². The number of hydrogen-bond acceptors (Lipinski definition) is 5. The van der Waals surface area contributed by atoms with Crippen molar-refractivity contribution in [3.8, 4) is 6.07 Å². The smallest absolute Gasteiger partial charge is 0.328 e. The van der Waals surface area contributed by atoms with Crippen LogP contribution in [0.4, 0.5) is 5.69 Å². The van der Waals surface area contributed by atoms with E-state index >= 15 is 0 Å². The zero-order valence-corrected chi connectivity index (χ0v) is 14.6. The van der Waals surface area contributed by atoms with Crippen LogP contribution in [0.1, 0.15) is 5.56 Å². The second-order valence-corrected chi connectivity index (χ2v) is 6.02. The molecule has 0 saturated carbocycles. The fraction of sp³-hybridized carbons (Fsp3) is 0.188. The number of benzene rings is 1. The molecule has 0 spiro atoms.